The molecule has 0 bridgehead atoms. The van der Waals surface area contributed by atoms with Crippen LogP contribution in [0.25, 0.3) is 0 Å². The molecule has 21 heavy (non-hydrogen) atoms. The fraction of sp³-hybridized carbons (Fsp3) is 0.467. The van der Waals surface area contributed by atoms with E-state index in [-0.39, 0.29) is 19.1 Å². The quantitative estimate of drug-likeness (QED) is 0.654. The summed E-state index contributed by atoms with van der Waals surface area (Å²) in [6, 6.07) is 3.40. The molecule has 0 aliphatic rings. The lowest BCUT2D eigenvalue weighted by molar-refractivity contribution is -0.142. The number of aryl methyl sites for hydroxylation is 1. The number of aromatic hydroxyl groups is 1. The predicted molar refractivity (Wildman–Crippen MR) is 76.8 cm³/mol. The highest BCUT2D eigenvalue weighted by Gasteiger charge is 2.24. The van der Waals surface area contributed by atoms with Crippen LogP contribution in [0.15, 0.2) is 18.2 Å². The smallest absolute Gasteiger partial charge is 0.508 e. The molecule has 0 aromatic heterocycles. The number of benzene rings is 1. The maximum absolute atomic E-state index is 11.8. The van der Waals surface area contributed by atoms with Gasteiger partial charge in [-0.25, -0.2) is 9.59 Å². The van der Waals surface area contributed by atoms with Crippen LogP contribution in [-0.2, 0) is 20.7 Å². The largest absolute Gasteiger partial charge is 0.516 e. The Kier molecular flexibility index (Phi) is 4.80. The van der Waals surface area contributed by atoms with Crippen molar-refractivity contribution in [3.8, 4) is 5.75 Å². The minimum Gasteiger partial charge on any atom is -0.508 e. The first-order valence-electron chi connectivity index (χ1n) is 7.13. The van der Waals surface area contributed by atoms with Crippen molar-refractivity contribution in [1.82, 2.24) is 0 Å². The predicted octanol–water partition coefficient (Wildman–Crippen LogP) is 2.05. The first-order valence-corrected chi connectivity index (χ1v) is 6.42. The van der Waals surface area contributed by atoms with Gasteiger partial charge in [-0.15, -0.1) is 0 Å². The van der Waals surface area contributed by atoms with Crippen molar-refractivity contribution < 1.29 is 25.5 Å². The molecule has 3 N–H and O–H groups in total. The van der Waals surface area contributed by atoms with E-state index in [1.807, 2.05) is 0 Å². The zero-order valence-corrected chi connectivity index (χ0v) is 12.4. The summed E-state index contributed by atoms with van der Waals surface area (Å²) >= 11 is 0. The van der Waals surface area contributed by atoms with Crippen molar-refractivity contribution in [1.29, 1.82) is 0 Å². The first kappa shape index (κ1) is 15.3. The molecule has 0 saturated heterocycles. The van der Waals surface area contributed by atoms with Gasteiger partial charge in [-0.3, -0.25) is 0 Å². The molecule has 0 unspecified atom stereocenters. The summed E-state index contributed by atoms with van der Waals surface area (Å²) in [7, 11) is 0. The molecular formula is C15H21NO5. The summed E-state index contributed by atoms with van der Waals surface area (Å²) in [5.74, 6) is -0.867. The first-order chi connectivity index (χ1) is 10.1. The van der Waals surface area contributed by atoms with Crippen LogP contribution in [-0.4, -0.2) is 28.9 Å². The van der Waals surface area contributed by atoms with Gasteiger partial charge in [0.2, 0.25) is 0 Å². The second-order valence-electron chi connectivity index (χ2n) is 5.65. The molecule has 0 saturated carbocycles. The molecule has 1 atom stereocenters. The van der Waals surface area contributed by atoms with E-state index in [4.69, 9.17) is 11.8 Å². The maximum atomic E-state index is 11.8. The number of carbonyl (C=O) groups is 2. The molecule has 0 aliphatic heterocycles. The summed E-state index contributed by atoms with van der Waals surface area (Å²) in [5.41, 5.74) is 6.15. The fourth-order valence-electron chi connectivity index (χ4n) is 1.56. The number of ether oxygens (including phenoxy) is 2. The van der Waals surface area contributed by atoms with E-state index in [1.165, 1.54) is 12.1 Å². The lowest BCUT2D eigenvalue weighted by atomic mass is 10.0. The highest BCUT2D eigenvalue weighted by atomic mass is 16.7. The Morgan fingerprint density at radius 3 is 2.67 bits per heavy atom. The minimum atomic E-state index is -1.10. The Labute approximate surface area is 125 Å². The van der Waals surface area contributed by atoms with Crippen molar-refractivity contribution in [3.63, 3.8) is 0 Å². The Hall–Kier alpha value is -2.08. The van der Waals surface area contributed by atoms with Crippen molar-refractivity contribution in [2.45, 2.75) is 45.7 Å². The molecular weight excluding hydrogens is 274 g/mol. The molecule has 0 fully saturated rings. The number of nitrogens with two attached hydrogens (primary N) is 1. The van der Waals surface area contributed by atoms with Gasteiger partial charge in [0, 0.05) is 1.37 Å². The third-order valence-corrected chi connectivity index (χ3v) is 2.51. The zero-order chi connectivity index (χ0) is 16.9. The van der Waals surface area contributed by atoms with Crippen LogP contribution in [0.1, 0.15) is 33.3 Å². The van der Waals surface area contributed by atoms with Gasteiger partial charge in [0.1, 0.15) is 17.4 Å². The Balaban J connectivity index is 2.67. The number of phenolic OH excluding ortho intramolecular Hbond substituents is 1. The molecule has 6 heteroatoms. The van der Waals surface area contributed by atoms with Gasteiger partial charge in [0.05, 0.1) is 0 Å². The highest BCUT2D eigenvalue weighted by Crippen LogP contribution is 2.17. The van der Waals surface area contributed by atoms with E-state index in [1.54, 1.807) is 26.8 Å². The summed E-state index contributed by atoms with van der Waals surface area (Å²) in [6.07, 6.45) is -1.00. The van der Waals surface area contributed by atoms with Gasteiger partial charge in [-0.1, -0.05) is 6.07 Å². The normalized spacial score (nSPS) is 13.2. The third kappa shape index (κ3) is 5.83. The van der Waals surface area contributed by atoms with Gasteiger partial charge in [-0.05, 0) is 57.4 Å². The molecule has 1 aromatic rings. The molecule has 1 aromatic carbocycles. The zero-order valence-electron chi connectivity index (χ0n) is 13.4. The van der Waals surface area contributed by atoms with Crippen LogP contribution < -0.4 is 5.73 Å². The molecule has 0 aliphatic carbocycles. The molecule has 0 radical (unpaired) electrons. The Morgan fingerprint density at radius 2 is 2.10 bits per heavy atom. The van der Waals surface area contributed by atoms with Gasteiger partial charge in [0.25, 0.3) is 0 Å². The van der Waals surface area contributed by atoms with Gasteiger partial charge >= 0.3 is 12.1 Å². The average Bonchev–Trinajstić information content (AvgIpc) is 2.38. The summed E-state index contributed by atoms with van der Waals surface area (Å²) in [6.45, 7) is 4.89. The van der Waals surface area contributed by atoms with E-state index in [2.05, 4.69) is 4.74 Å². The summed E-state index contributed by atoms with van der Waals surface area (Å²) in [4.78, 5) is 23.2. The standard InChI is InChI=1S/C15H21NO5/c1-9-7-11(17)6-5-10(9)8-12(16)13(18)20-14(19)21-15(2,3)4/h5-7,12,17H,8,16H2,1-4H3/t12-/m0/s1/i1D. The van der Waals surface area contributed by atoms with Gasteiger partial charge in [0.15, 0.2) is 0 Å². The molecule has 0 spiro atoms. The summed E-state index contributed by atoms with van der Waals surface area (Å²) in [5, 5.41) is 9.37. The van der Waals surface area contributed by atoms with Crippen molar-refractivity contribution in [2.24, 2.45) is 5.73 Å². The average molecular weight is 296 g/mol. The SMILES string of the molecule is [2H]Cc1cc(O)ccc1C[C@H](N)C(=O)OC(=O)OC(C)(C)C. The molecule has 6 nitrogen and oxygen atoms in total. The van der Waals surface area contributed by atoms with Crippen LogP contribution in [0.3, 0.4) is 0 Å². The van der Waals surface area contributed by atoms with Crippen molar-refractivity contribution in [3.05, 3.63) is 29.3 Å². The van der Waals surface area contributed by atoms with Crippen molar-refractivity contribution in [2.75, 3.05) is 0 Å². The number of hydrogen-bond donors (Lipinski definition) is 2. The highest BCUT2D eigenvalue weighted by molar-refractivity contribution is 5.85. The van der Waals surface area contributed by atoms with E-state index < -0.39 is 23.8 Å². The number of esters is 1. The molecule has 0 amide bonds. The lowest BCUT2D eigenvalue weighted by Gasteiger charge is -2.19. The van der Waals surface area contributed by atoms with Gasteiger partial charge < -0.3 is 20.3 Å². The van der Waals surface area contributed by atoms with E-state index in [9.17, 15) is 14.7 Å². The van der Waals surface area contributed by atoms with Crippen LogP contribution in [0.5, 0.6) is 5.75 Å². The fourth-order valence-corrected chi connectivity index (χ4v) is 1.56. The molecule has 0 heterocycles. The number of carbonyl (C=O) groups excluding carboxylic acids is 2. The second kappa shape index (κ2) is 6.58. The second-order valence-corrected chi connectivity index (χ2v) is 5.65. The maximum Gasteiger partial charge on any atom is 0.516 e. The van der Waals surface area contributed by atoms with Gasteiger partial charge in [-0.2, -0.15) is 0 Å². The number of hydrogen-bond acceptors (Lipinski definition) is 6. The topological polar surface area (TPSA) is 98.9 Å². The Morgan fingerprint density at radius 1 is 1.43 bits per heavy atom. The monoisotopic (exact) mass is 296 g/mol. The van der Waals surface area contributed by atoms with E-state index >= 15 is 0 Å². The number of rotatable bonds is 3. The third-order valence-electron chi connectivity index (χ3n) is 2.51. The molecule has 116 valence electrons. The molecule has 1 rings (SSSR count). The van der Waals surface area contributed by atoms with Crippen LogP contribution in [0, 0.1) is 6.90 Å². The van der Waals surface area contributed by atoms with Crippen LogP contribution in [0.2, 0.25) is 0 Å². The van der Waals surface area contributed by atoms with E-state index in [0.717, 1.165) is 0 Å². The van der Waals surface area contributed by atoms with Crippen LogP contribution >= 0.6 is 0 Å². The lowest BCUT2D eigenvalue weighted by Crippen LogP contribution is -2.37. The Bertz CT molecular complexity index is 553. The van der Waals surface area contributed by atoms with Crippen LogP contribution in [0.4, 0.5) is 4.79 Å². The van der Waals surface area contributed by atoms with Crippen molar-refractivity contribution >= 4 is 12.1 Å². The summed E-state index contributed by atoms with van der Waals surface area (Å²) < 4.78 is 16.8. The van der Waals surface area contributed by atoms with E-state index in [0.29, 0.717) is 11.1 Å². The number of phenols is 1. The minimum absolute atomic E-state index is 0.0379.